The number of aliphatic imine (C=N–C) groups is 1. The van der Waals surface area contributed by atoms with E-state index in [-0.39, 0.29) is 17.3 Å². The molecule has 1 N–H and O–H groups in total. The van der Waals surface area contributed by atoms with Gasteiger partial charge in [0.1, 0.15) is 4.91 Å². The molecule has 0 atom stereocenters. The van der Waals surface area contributed by atoms with Crippen molar-refractivity contribution >= 4 is 23.9 Å². The summed E-state index contributed by atoms with van der Waals surface area (Å²) in [6, 6.07) is 0. The lowest BCUT2D eigenvalue weighted by molar-refractivity contribution is -0.137. The van der Waals surface area contributed by atoms with Gasteiger partial charge < -0.3 is 9.84 Å². The van der Waals surface area contributed by atoms with E-state index >= 15 is 0 Å². The van der Waals surface area contributed by atoms with Crippen molar-refractivity contribution in [2.45, 2.75) is 38.4 Å². The van der Waals surface area contributed by atoms with Gasteiger partial charge in [0.25, 0.3) is 0 Å². The normalized spacial score (nSPS) is 18.4. The SMILES string of the molecule is CCOC(=O)C1=C(CCCO)N=CC(C)(C)S1. The lowest BCUT2D eigenvalue weighted by Gasteiger charge is -2.25. The summed E-state index contributed by atoms with van der Waals surface area (Å²) in [5.74, 6) is -0.310. The van der Waals surface area contributed by atoms with Crippen molar-refractivity contribution in [1.82, 2.24) is 0 Å². The van der Waals surface area contributed by atoms with Crippen molar-refractivity contribution in [3.63, 3.8) is 0 Å². The smallest absolute Gasteiger partial charge is 0.346 e. The molecule has 17 heavy (non-hydrogen) atoms. The van der Waals surface area contributed by atoms with Gasteiger partial charge in [-0.25, -0.2) is 4.79 Å². The second-order valence-electron chi connectivity index (χ2n) is 4.29. The Morgan fingerprint density at radius 1 is 1.59 bits per heavy atom. The third-order valence-corrected chi connectivity index (χ3v) is 3.43. The van der Waals surface area contributed by atoms with E-state index in [1.165, 1.54) is 11.8 Å². The zero-order valence-electron chi connectivity index (χ0n) is 10.5. The summed E-state index contributed by atoms with van der Waals surface area (Å²) in [5.41, 5.74) is 0.724. The Hall–Kier alpha value is -0.810. The Morgan fingerprint density at radius 2 is 2.29 bits per heavy atom. The van der Waals surface area contributed by atoms with Gasteiger partial charge in [0, 0.05) is 12.8 Å². The van der Waals surface area contributed by atoms with Crippen LogP contribution in [0.1, 0.15) is 33.6 Å². The van der Waals surface area contributed by atoms with Gasteiger partial charge in [-0.05, 0) is 33.6 Å². The number of esters is 1. The van der Waals surface area contributed by atoms with Crippen LogP contribution in [-0.4, -0.2) is 35.3 Å². The van der Waals surface area contributed by atoms with Crippen LogP contribution >= 0.6 is 11.8 Å². The van der Waals surface area contributed by atoms with Gasteiger partial charge in [-0.1, -0.05) is 0 Å². The summed E-state index contributed by atoms with van der Waals surface area (Å²) >= 11 is 1.47. The predicted octanol–water partition coefficient (Wildman–Crippen LogP) is 2.13. The van der Waals surface area contributed by atoms with Gasteiger partial charge in [0.2, 0.25) is 0 Å². The molecule has 1 heterocycles. The highest BCUT2D eigenvalue weighted by Crippen LogP contribution is 2.38. The number of aliphatic hydroxyl groups excluding tert-OH is 1. The van der Waals surface area contributed by atoms with Gasteiger partial charge >= 0.3 is 5.97 Å². The minimum absolute atomic E-state index is 0.100. The third-order valence-electron chi connectivity index (χ3n) is 2.19. The zero-order valence-corrected chi connectivity index (χ0v) is 11.3. The molecule has 1 aliphatic rings. The van der Waals surface area contributed by atoms with E-state index in [2.05, 4.69) is 4.99 Å². The minimum Gasteiger partial charge on any atom is -0.462 e. The molecule has 96 valence electrons. The summed E-state index contributed by atoms with van der Waals surface area (Å²) in [5, 5.41) is 8.83. The van der Waals surface area contributed by atoms with Crippen molar-refractivity contribution in [3.8, 4) is 0 Å². The van der Waals surface area contributed by atoms with Gasteiger partial charge in [0.05, 0.1) is 17.1 Å². The molecule has 0 aromatic rings. The first-order valence-electron chi connectivity index (χ1n) is 5.75. The summed E-state index contributed by atoms with van der Waals surface area (Å²) < 4.78 is 4.84. The van der Waals surface area contributed by atoms with E-state index < -0.39 is 0 Å². The molecule has 0 saturated carbocycles. The van der Waals surface area contributed by atoms with Gasteiger partial charge in [0.15, 0.2) is 0 Å². The van der Waals surface area contributed by atoms with E-state index in [1.54, 1.807) is 6.92 Å². The van der Waals surface area contributed by atoms with E-state index in [4.69, 9.17) is 9.84 Å². The Labute approximate surface area is 106 Å². The summed E-state index contributed by atoms with van der Waals surface area (Å²) in [6.07, 6.45) is 3.05. The number of hydrogen-bond acceptors (Lipinski definition) is 5. The molecule has 1 rings (SSSR count). The standard InChI is InChI=1S/C12H19NO3S/c1-4-16-11(15)10-9(6-5-7-14)13-8-12(2,3)17-10/h8,14H,4-7H2,1-3H3. The fourth-order valence-electron chi connectivity index (χ4n) is 1.42. The monoisotopic (exact) mass is 257 g/mol. The van der Waals surface area contributed by atoms with Crippen molar-refractivity contribution in [1.29, 1.82) is 0 Å². The first-order valence-corrected chi connectivity index (χ1v) is 6.57. The molecular formula is C12H19NO3S. The highest BCUT2D eigenvalue weighted by Gasteiger charge is 2.29. The number of allylic oxidation sites excluding steroid dienone is 1. The van der Waals surface area contributed by atoms with Crippen molar-refractivity contribution in [2.75, 3.05) is 13.2 Å². The predicted molar refractivity (Wildman–Crippen MR) is 70.1 cm³/mol. The van der Waals surface area contributed by atoms with E-state index in [0.717, 1.165) is 5.70 Å². The fourth-order valence-corrected chi connectivity index (χ4v) is 2.47. The number of ether oxygens (including phenoxy) is 1. The van der Waals surface area contributed by atoms with Crippen LogP contribution in [0.2, 0.25) is 0 Å². The quantitative estimate of drug-likeness (QED) is 0.766. The Bertz CT molecular complexity index is 348. The van der Waals surface area contributed by atoms with Crippen LogP contribution in [0.5, 0.6) is 0 Å². The molecule has 0 bridgehead atoms. The molecule has 0 radical (unpaired) electrons. The van der Waals surface area contributed by atoms with E-state index in [9.17, 15) is 4.79 Å². The lowest BCUT2D eigenvalue weighted by atomic mass is 10.2. The Balaban J connectivity index is 2.89. The molecule has 0 fully saturated rings. The molecule has 5 heteroatoms. The highest BCUT2D eigenvalue weighted by atomic mass is 32.2. The molecular weight excluding hydrogens is 238 g/mol. The lowest BCUT2D eigenvalue weighted by Crippen LogP contribution is -2.23. The molecule has 0 amide bonds. The molecule has 1 aliphatic heterocycles. The third kappa shape index (κ3) is 4.16. The number of nitrogens with zero attached hydrogens (tertiary/aromatic N) is 1. The van der Waals surface area contributed by atoms with Crippen LogP contribution in [0.3, 0.4) is 0 Å². The van der Waals surface area contributed by atoms with Gasteiger partial charge in [-0.15, -0.1) is 11.8 Å². The Morgan fingerprint density at radius 3 is 2.88 bits per heavy atom. The average Bonchev–Trinajstić information content (AvgIpc) is 2.27. The van der Waals surface area contributed by atoms with Gasteiger partial charge in [-0.3, -0.25) is 4.99 Å². The summed E-state index contributed by atoms with van der Waals surface area (Å²) in [6.45, 7) is 6.25. The van der Waals surface area contributed by atoms with Crippen LogP contribution in [-0.2, 0) is 9.53 Å². The van der Waals surface area contributed by atoms with Crippen LogP contribution < -0.4 is 0 Å². The van der Waals surface area contributed by atoms with Crippen molar-refractivity contribution < 1.29 is 14.6 Å². The second-order valence-corrected chi connectivity index (χ2v) is 5.95. The summed E-state index contributed by atoms with van der Waals surface area (Å²) in [7, 11) is 0. The van der Waals surface area contributed by atoms with E-state index in [1.807, 2.05) is 20.1 Å². The van der Waals surface area contributed by atoms with Crippen molar-refractivity contribution in [3.05, 3.63) is 10.6 Å². The summed E-state index contributed by atoms with van der Waals surface area (Å²) in [4.78, 5) is 16.7. The average molecular weight is 257 g/mol. The molecule has 4 nitrogen and oxygen atoms in total. The highest BCUT2D eigenvalue weighted by molar-refractivity contribution is 8.05. The molecule has 0 unspecified atom stereocenters. The van der Waals surface area contributed by atoms with Crippen LogP contribution in [0, 0.1) is 0 Å². The molecule has 0 saturated heterocycles. The van der Waals surface area contributed by atoms with Crippen LogP contribution in [0.15, 0.2) is 15.6 Å². The number of carbonyl (C=O) groups is 1. The molecule has 0 aliphatic carbocycles. The largest absolute Gasteiger partial charge is 0.462 e. The number of thioether (sulfide) groups is 1. The van der Waals surface area contributed by atoms with Crippen LogP contribution in [0.4, 0.5) is 0 Å². The maximum Gasteiger partial charge on any atom is 0.346 e. The topological polar surface area (TPSA) is 58.9 Å². The van der Waals surface area contributed by atoms with Crippen LogP contribution in [0.25, 0.3) is 0 Å². The fraction of sp³-hybridized carbons (Fsp3) is 0.667. The number of hydrogen-bond donors (Lipinski definition) is 1. The zero-order chi connectivity index (χ0) is 12.9. The van der Waals surface area contributed by atoms with E-state index in [0.29, 0.717) is 24.4 Å². The van der Waals surface area contributed by atoms with Crippen molar-refractivity contribution in [2.24, 2.45) is 4.99 Å². The first kappa shape index (κ1) is 14.3. The molecule has 0 aromatic carbocycles. The van der Waals surface area contributed by atoms with Gasteiger partial charge in [-0.2, -0.15) is 0 Å². The number of aliphatic hydroxyl groups is 1. The first-order chi connectivity index (χ1) is 8.00. The molecule has 0 spiro atoms. The number of rotatable bonds is 5. The Kier molecular flexibility index (Phi) is 5.21. The minimum atomic E-state index is -0.310. The maximum absolute atomic E-state index is 11.8. The number of carbonyl (C=O) groups excluding carboxylic acids is 1. The maximum atomic E-state index is 11.8. The molecule has 0 aromatic heterocycles. The second kappa shape index (κ2) is 6.21.